The predicted octanol–water partition coefficient (Wildman–Crippen LogP) is 2.42. The summed E-state index contributed by atoms with van der Waals surface area (Å²) >= 11 is 0. The zero-order valence-electron chi connectivity index (χ0n) is 6.89. The van der Waals surface area contributed by atoms with Crippen LogP contribution >= 0.6 is 0 Å². The lowest BCUT2D eigenvalue weighted by Gasteiger charge is -1.95. The zero-order valence-corrected chi connectivity index (χ0v) is 7.89. The fourth-order valence-corrected chi connectivity index (χ4v) is 1.38. The van der Waals surface area contributed by atoms with Crippen molar-refractivity contribution >= 4 is 9.76 Å². The van der Waals surface area contributed by atoms with Gasteiger partial charge in [-0.3, -0.25) is 0 Å². The minimum Gasteiger partial charge on any atom is -0.414 e. The number of unbranched alkanes of at least 4 members (excludes halogenated alkanes) is 1. The third kappa shape index (κ3) is 7.92. The number of rotatable bonds is 6. The van der Waals surface area contributed by atoms with Crippen LogP contribution in [-0.4, -0.2) is 16.4 Å². The fraction of sp³-hybridized carbons (Fsp3) is 0.750. The van der Waals surface area contributed by atoms with Crippen LogP contribution < -0.4 is 0 Å². The van der Waals surface area contributed by atoms with Crippen molar-refractivity contribution in [1.29, 1.82) is 0 Å². The summed E-state index contributed by atoms with van der Waals surface area (Å²) in [6.45, 7) is 5.01. The largest absolute Gasteiger partial charge is 0.414 e. The number of allylic oxidation sites excluding steroid dienone is 1. The molecule has 0 atom stereocenters. The average Bonchev–Trinajstić information content (AvgIpc) is 1.97. The molecule has 2 heteroatoms. The maximum absolute atomic E-state index is 5.32. The minimum absolute atomic E-state index is 0.698. The molecule has 58 valence electrons. The Labute approximate surface area is 66.4 Å². The van der Waals surface area contributed by atoms with Crippen molar-refractivity contribution in [2.45, 2.75) is 32.7 Å². The summed E-state index contributed by atoms with van der Waals surface area (Å²) in [4.78, 5) is 0. The van der Waals surface area contributed by atoms with Crippen molar-refractivity contribution < 1.29 is 4.43 Å². The Morgan fingerprint density at radius 2 is 2.30 bits per heavy atom. The highest BCUT2D eigenvalue weighted by Gasteiger charge is 1.87. The summed E-state index contributed by atoms with van der Waals surface area (Å²) in [6, 6.07) is 1.23. The molecule has 0 heterocycles. The molecular formula is C8H16OSi. The monoisotopic (exact) mass is 156 g/mol. The molecule has 0 unspecified atom stereocenters. The molecule has 0 bridgehead atoms. The molecule has 0 aromatic rings. The quantitative estimate of drug-likeness (QED) is 0.326. The molecule has 0 aliphatic rings. The van der Waals surface area contributed by atoms with Crippen molar-refractivity contribution in [3.8, 4) is 0 Å². The second-order valence-electron chi connectivity index (χ2n) is 2.13. The molecule has 0 aliphatic carbocycles. The van der Waals surface area contributed by atoms with Gasteiger partial charge in [0.1, 0.15) is 0 Å². The Morgan fingerprint density at radius 3 is 2.90 bits per heavy atom. The van der Waals surface area contributed by atoms with E-state index in [9.17, 15) is 0 Å². The van der Waals surface area contributed by atoms with E-state index in [1.165, 1.54) is 18.9 Å². The Bertz CT molecular complexity index is 81.3. The van der Waals surface area contributed by atoms with Gasteiger partial charge in [-0.25, -0.2) is 0 Å². The Kier molecular flexibility index (Phi) is 8.84. The number of hydrogen-bond acceptors (Lipinski definition) is 1. The van der Waals surface area contributed by atoms with Crippen molar-refractivity contribution in [1.82, 2.24) is 0 Å². The van der Waals surface area contributed by atoms with E-state index in [4.69, 9.17) is 4.43 Å². The highest BCUT2D eigenvalue weighted by Crippen LogP contribution is 1.93. The first-order valence-electron chi connectivity index (χ1n) is 3.87. The zero-order chi connectivity index (χ0) is 7.66. The smallest absolute Gasteiger partial charge is 0.230 e. The topological polar surface area (TPSA) is 9.23 Å². The van der Waals surface area contributed by atoms with Crippen molar-refractivity contribution in [2.24, 2.45) is 0 Å². The average molecular weight is 156 g/mol. The van der Waals surface area contributed by atoms with Crippen LogP contribution in [0.2, 0.25) is 6.04 Å². The van der Waals surface area contributed by atoms with Gasteiger partial charge in [-0.15, -0.1) is 0 Å². The van der Waals surface area contributed by atoms with Crippen LogP contribution in [0.5, 0.6) is 0 Å². The first-order valence-corrected chi connectivity index (χ1v) is 4.99. The summed E-state index contributed by atoms with van der Waals surface area (Å²) in [5.41, 5.74) is 0. The third-order valence-electron chi connectivity index (χ3n) is 1.15. The molecule has 0 N–H and O–H groups in total. The molecule has 1 nitrogen and oxygen atoms in total. The molecule has 0 rings (SSSR count). The maximum atomic E-state index is 5.32. The van der Waals surface area contributed by atoms with E-state index in [-0.39, 0.29) is 0 Å². The van der Waals surface area contributed by atoms with Gasteiger partial charge < -0.3 is 4.43 Å². The standard InChI is InChI=1S/C8H16OSi/c1-3-5-7-9-10-8-6-4-2/h3,5H,4,6-8H2,1-2H3. The minimum atomic E-state index is 0.698. The van der Waals surface area contributed by atoms with Crippen LogP contribution in [0.15, 0.2) is 12.2 Å². The van der Waals surface area contributed by atoms with Gasteiger partial charge >= 0.3 is 0 Å². The molecule has 0 spiro atoms. The van der Waals surface area contributed by atoms with Gasteiger partial charge in [-0.05, 0) is 13.0 Å². The van der Waals surface area contributed by atoms with Crippen molar-refractivity contribution in [3.05, 3.63) is 12.2 Å². The molecule has 10 heavy (non-hydrogen) atoms. The van der Waals surface area contributed by atoms with Gasteiger partial charge in [-0.2, -0.15) is 0 Å². The highest BCUT2D eigenvalue weighted by molar-refractivity contribution is 6.27. The molecule has 0 amide bonds. The van der Waals surface area contributed by atoms with Gasteiger partial charge in [0, 0.05) is 0 Å². The molecule has 0 saturated carbocycles. The molecule has 2 radical (unpaired) electrons. The predicted molar refractivity (Wildman–Crippen MR) is 46.2 cm³/mol. The maximum Gasteiger partial charge on any atom is 0.230 e. The molecule has 0 aliphatic heterocycles. The second kappa shape index (κ2) is 8.92. The van der Waals surface area contributed by atoms with E-state index in [0.29, 0.717) is 9.76 Å². The summed E-state index contributed by atoms with van der Waals surface area (Å²) in [6.07, 6.45) is 6.64. The normalized spacial score (nSPS) is 11.0. The molecule has 0 aromatic heterocycles. The van der Waals surface area contributed by atoms with E-state index in [2.05, 4.69) is 6.92 Å². The van der Waals surface area contributed by atoms with Gasteiger partial charge in [0.25, 0.3) is 0 Å². The van der Waals surface area contributed by atoms with E-state index >= 15 is 0 Å². The number of hydrogen-bond donors (Lipinski definition) is 0. The van der Waals surface area contributed by atoms with Crippen molar-refractivity contribution in [3.63, 3.8) is 0 Å². The van der Waals surface area contributed by atoms with Crippen LogP contribution in [-0.2, 0) is 4.43 Å². The first kappa shape index (κ1) is 9.92. The highest BCUT2D eigenvalue weighted by atomic mass is 28.2. The fourth-order valence-electron chi connectivity index (χ4n) is 0.524. The van der Waals surface area contributed by atoms with E-state index < -0.39 is 0 Å². The summed E-state index contributed by atoms with van der Waals surface area (Å²) < 4.78 is 5.32. The molecule has 0 aromatic carbocycles. The van der Waals surface area contributed by atoms with Gasteiger partial charge in [-0.1, -0.05) is 31.9 Å². The second-order valence-corrected chi connectivity index (χ2v) is 3.21. The van der Waals surface area contributed by atoms with E-state index in [1.807, 2.05) is 19.1 Å². The molecular weight excluding hydrogens is 140 g/mol. The lowest BCUT2D eigenvalue weighted by atomic mass is 10.4. The van der Waals surface area contributed by atoms with Gasteiger partial charge in [0.2, 0.25) is 9.76 Å². The Balaban J connectivity index is 2.77. The van der Waals surface area contributed by atoms with Crippen LogP contribution in [0.1, 0.15) is 26.7 Å². The van der Waals surface area contributed by atoms with Gasteiger partial charge in [0.15, 0.2) is 0 Å². The van der Waals surface area contributed by atoms with E-state index in [1.54, 1.807) is 0 Å². The first-order chi connectivity index (χ1) is 4.91. The van der Waals surface area contributed by atoms with E-state index in [0.717, 1.165) is 6.61 Å². The summed E-state index contributed by atoms with van der Waals surface area (Å²) in [7, 11) is 0.698. The SMILES string of the molecule is CC=CCO[Si]CCCC. The molecule has 0 fully saturated rings. The lowest BCUT2D eigenvalue weighted by Crippen LogP contribution is -1.97. The summed E-state index contributed by atoms with van der Waals surface area (Å²) in [5, 5.41) is 0. The third-order valence-corrected chi connectivity index (χ3v) is 2.08. The van der Waals surface area contributed by atoms with Crippen LogP contribution in [0, 0.1) is 0 Å². The van der Waals surface area contributed by atoms with Crippen LogP contribution in [0.4, 0.5) is 0 Å². The Morgan fingerprint density at radius 1 is 1.50 bits per heavy atom. The summed E-state index contributed by atoms with van der Waals surface area (Å²) in [5.74, 6) is 0. The van der Waals surface area contributed by atoms with Gasteiger partial charge in [0.05, 0.1) is 6.61 Å². The van der Waals surface area contributed by atoms with Crippen LogP contribution in [0.3, 0.4) is 0 Å². The van der Waals surface area contributed by atoms with Crippen molar-refractivity contribution in [2.75, 3.05) is 6.61 Å². The van der Waals surface area contributed by atoms with Crippen LogP contribution in [0.25, 0.3) is 0 Å². The Hall–Kier alpha value is -0.0831. The lowest BCUT2D eigenvalue weighted by molar-refractivity contribution is 0.383. The molecule has 0 saturated heterocycles.